The predicted octanol–water partition coefficient (Wildman–Crippen LogP) is 5.15. The maximum absolute atomic E-state index is 11.4. The second-order valence-corrected chi connectivity index (χ2v) is 8.07. The Kier molecular flexibility index (Phi) is 4.79. The number of carboxylic acids is 1. The lowest BCUT2D eigenvalue weighted by Gasteiger charge is -2.19. The first kappa shape index (κ1) is 18.1. The average Bonchev–Trinajstić information content (AvgIpc) is 2.89. The molecule has 1 heterocycles. The largest absolute Gasteiger partial charge is 0.486 e. The quantitative estimate of drug-likeness (QED) is 0.842. The standard InChI is InChI=1S/C20H26O4/c1-19(2,3)13-7-9-14(10-8-13)23-12-16-15(18(21)22)11-17(24-16)20(4,5)6/h7-11H,12H2,1-6H3,(H,21,22). The Labute approximate surface area is 143 Å². The second kappa shape index (κ2) is 6.34. The first-order valence-electron chi connectivity index (χ1n) is 8.08. The van der Waals surface area contributed by atoms with Gasteiger partial charge in [0.15, 0.2) is 5.76 Å². The van der Waals surface area contributed by atoms with E-state index in [1.54, 1.807) is 6.07 Å². The number of ether oxygens (including phenoxy) is 1. The van der Waals surface area contributed by atoms with Gasteiger partial charge in [-0.05, 0) is 29.2 Å². The van der Waals surface area contributed by atoms with E-state index in [0.717, 1.165) is 0 Å². The van der Waals surface area contributed by atoms with Crippen LogP contribution >= 0.6 is 0 Å². The fourth-order valence-corrected chi connectivity index (χ4v) is 2.29. The van der Waals surface area contributed by atoms with E-state index in [1.165, 1.54) is 5.56 Å². The molecule has 1 aromatic carbocycles. The summed E-state index contributed by atoms with van der Waals surface area (Å²) in [6.45, 7) is 12.5. The zero-order chi connectivity index (χ0) is 18.1. The van der Waals surface area contributed by atoms with Crippen LogP contribution in [-0.2, 0) is 17.4 Å². The smallest absolute Gasteiger partial charge is 0.339 e. The van der Waals surface area contributed by atoms with E-state index in [0.29, 0.717) is 17.3 Å². The zero-order valence-electron chi connectivity index (χ0n) is 15.3. The highest BCUT2D eigenvalue weighted by atomic mass is 16.5. The van der Waals surface area contributed by atoms with Gasteiger partial charge in [0.05, 0.1) is 0 Å². The number of carboxylic acid groups (broad SMARTS) is 1. The van der Waals surface area contributed by atoms with Gasteiger partial charge in [0, 0.05) is 5.41 Å². The molecule has 4 nitrogen and oxygen atoms in total. The summed E-state index contributed by atoms with van der Waals surface area (Å²) >= 11 is 0. The van der Waals surface area contributed by atoms with Crippen LogP contribution in [0.3, 0.4) is 0 Å². The number of hydrogen-bond donors (Lipinski definition) is 1. The van der Waals surface area contributed by atoms with Crippen molar-refractivity contribution >= 4 is 5.97 Å². The topological polar surface area (TPSA) is 59.7 Å². The SMILES string of the molecule is CC(C)(C)c1ccc(OCc2oc(C(C)(C)C)cc2C(=O)O)cc1. The molecule has 2 aromatic rings. The molecule has 0 radical (unpaired) electrons. The van der Waals surface area contributed by atoms with Crippen molar-refractivity contribution in [2.24, 2.45) is 0 Å². The van der Waals surface area contributed by atoms with Crippen LogP contribution in [0, 0.1) is 0 Å². The van der Waals surface area contributed by atoms with Crippen LogP contribution in [0.2, 0.25) is 0 Å². The summed E-state index contributed by atoms with van der Waals surface area (Å²) in [5.74, 6) is 0.665. The number of hydrogen-bond acceptors (Lipinski definition) is 3. The van der Waals surface area contributed by atoms with Crippen molar-refractivity contribution in [1.29, 1.82) is 0 Å². The van der Waals surface area contributed by atoms with E-state index < -0.39 is 5.97 Å². The van der Waals surface area contributed by atoms with Gasteiger partial charge in [0.1, 0.15) is 23.7 Å². The van der Waals surface area contributed by atoms with Crippen molar-refractivity contribution in [2.45, 2.75) is 59.0 Å². The third kappa shape index (κ3) is 4.19. The van der Waals surface area contributed by atoms with Crippen LogP contribution in [0.25, 0.3) is 0 Å². The Hall–Kier alpha value is -2.23. The average molecular weight is 330 g/mol. The molecule has 0 fully saturated rings. The van der Waals surface area contributed by atoms with E-state index in [1.807, 2.05) is 45.0 Å². The van der Waals surface area contributed by atoms with E-state index in [-0.39, 0.29) is 23.0 Å². The van der Waals surface area contributed by atoms with Gasteiger partial charge in [0.25, 0.3) is 0 Å². The van der Waals surface area contributed by atoms with Gasteiger partial charge in [-0.2, -0.15) is 0 Å². The summed E-state index contributed by atoms with van der Waals surface area (Å²) in [6, 6.07) is 9.43. The normalized spacial score (nSPS) is 12.2. The van der Waals surface area contributed by atoms with Gasteiger partial charge in [-0.15, -0.1) is 0 Å². The summed E-state index contributed by atoms with van der Waals surface area (Å²) in [6.07, 6.45) is 0. The van der Waals surface area contributed by atoms with Crippen molar-refractivity contribution in [2.75, 3.05) is 0 Å². The highest BCUT2D eigenvalue weighted by Crippen LogP contribution is 2.29. The van der Waals surface area contributed by atoms with Crippen molar-refractivity contribution in [1.82, 2.24) is 0 Å². The van der Waals surface area contributed by atoms with Gasteiger partial charge in [0.2, 0.25) is 0 Å². The number of aromatic carboxylic acids is 1. The highest BCUT2D eigenvalue weighted by molar-refractivity contribution is 5.89. The molecule has 0 bridgehead atoms. The molecule has 2 rings (SSSR count). The molecule has 1 aromatic heterocycles. The molecule has 0 aliphatic rings. The lowest BCUT2D eigenvalue weighted by molar-refractivity contribution is 0.0691. The maximum Gasteiger partial charge on any atom is 0.339 e. The minimum absolute atomic E-state index is 0.0810. The second-order valence-electron chi connectivity index (χ2n) is 8.07. The van der Waals surface area contributed by atoms with Crippen molar-refractivity contribution < 1.29 is 19.1 Å². The van der Waals surface area contributed by atoms with Crippen LogP contribution in [0.1, 0.15) is 69.0 Å². The molecular formula is C20H26O4. The van der Waals surface area contributed by atoms with Gasteiger partial charge < -0.3 is 14.3 Å². The predicted molar refractivity (Wildman–Crippen MR) is 93.8 cm³/mol. The fraction of sp³-hybridized carbons (Fsp3) is 0.450. The Bertz CT molecular complexity index is 710. The molecule has 0 aliphatic carbocycles. The van der Waals surface area contributed by atoms with Crippen LogP contribution in [-0.4, -0.2) is 11.1 Å². The Morgan fingerprint density at radius 2 is 1.62 bits per heavy atom. The zero-order valence-corrected chi connectivity index (χ0v) is 15.3. The van der Waals surface area contributed by atoms with Gasteiger partial charge >= 0.3 is 5.97 Å². The minimum atomic E-state index is -1.00. The number of rotatable bonds is 4. The first-order valence-corrected chi connectivity index (χ1v) is 8.08. The number of benzene rings is 1. The van der Waals surface area contributed by atoms with Crippen LogP contribution in [0.4, 0.5) is 0 Å². The summed E-state index contributed by atoms with van der Waals surface area (Å²) < 4.78 is 11.5. The highest BCUT2D eigenvalue weighted by Gasteiger charge is 2.25. The van der Waals surface area contributed by atoms with Crippen molar-refractivity contribution in [3.8, 4) is 5.75 Å². The first-order chi connectivity index (χ1) is 11.0. The van der Waals surface area contributed by atoms with E-state index in [4.69, 9.17) is 9.15 Å². The van der Waals surface area contributed by atoms with E-state index >= 15 is 0 Å². The van der Waals surface area contributed by atoms with Gasteiger partial charge in [-0.1, -0.05) is 53.7 Å². The molecule has 0 amide bonds. The Balaban J connectivity index is 2.17. The van der Waals surface area contributed by atoms with Gasteiger partial charge in [-0.25, -0.2) is 4.79 Å². The third-order valence-corrected chi connectivity index (χ3v) is 3.87. The lowest BCUT2D eigenvalue weighted by atomic mass is 9.87. The van der Waals surface area contributed by atoms with Crippen molar-refractivity contribution in [3.05, 3.63) is 53.0 Å². The van der Waals surface area contributed by atoms with Crippen molar-refractivity contribution in [3.63, 3.8) is 0 Å². The van der Waals surface area contributed by atoms with Crippen LogP contribution in [0.15, 0.2) is 34.7 Å². The molecule has 0 saturated heterocycles. The molecule has 0 atom stereocenters. The fourth-order valence-electron chi connectivity index (χ4n) is 2.29. The van der Waals surface area contributed by atoms with Gasteiger partial charge in [-0.3, -0.25) is 0 Å². The minimum Gasteiger partial charge on any atom is -0.486 e. The Morgan fingerprint density at radius 1 is 1.04 bits per heavy atom. The summed E-state index contributed by atoms with van der Waals surface area (Å²) in [5, 5.41) is 9.35. The molecule has 0 unspecified atom stereocenters. The molecule has 0 spiro atoms. The Morgan fingerprint density at radius 3 is 2.08 bits per heavy atom. The molecule has 0 aliphatic heterocycles. The van der Waals surface area contributed by atoms with E-state index in [2.05, 4.69) is 20.8 Å². The van der Waals surface area contributed by atoms with Crippen LogP contribution < -0.4 is 4.74 Å². The number of carbonyl (C=O) groups is 1. The molecule has 130 valence electrons. The molecule has 24 heavy (non-hydrogen) atoms. The maximum atomic E-state index is 11.4. The van der Waals surface area contributed by atoms with Crippen LogP contribution in [0.5, 0.6) is 5.75 Å². The third-order valence-electron chi connectivity index (χ3n) is 3.87. The summed E-state index contributed by atoms with van der Waals surface area (Å²) in [7, 11) is 0. The van der Waals surface area contributed by atoms with E-state index in [9.17, 15) is 9.90 Å². The molecular weight excluding hydrogens is 304 g/mol. The molecule has 1 N–H and O–H groups in total. The summed E-state index contributed by atoms with van der Waals surface area (Å²) in [4.78, 5) is 11.4. The lowest BCUT2D eigenvalue weighted by Crippen LogP contribution is -2.10. The number of furan rings is 1. The summed E-state index contributed by atoms with van der Waals surface area (Å²) in [5.41, 5.74) is 1.20. The molecule has 4 heteroatoms. The molecule has 0 saturated carbocycles. The monoisotopic (exact) mass is 330 g/mol.